The molecule has 68 valence electrons. The van der Waals surface area contributed by atoms with E-state index in [0.29, 0.717) is 5.92 Å². The van der Waals surface area contributed by atoms with Crippen LogP contribution in [-0.2, 0) is 0 Å². The van der Waals surface area contributed by atoms with Gasteiger partial charge in [0.05, 0.1) is 6.07 Å². The van der Waals surface area contributed by atoms with Gasteiger partial charge in [-0.15, -0.1) is 0 Å². The van der Waals surface area contributed by atoms with Crippen LogP contribution in [0, 0.1) is 17.2 Å². The molecule has 0 saturated carbocycles. The van der Waals surface area contributed by atoms with Gasteiger partial charge < -0.3 is 5.32 Å². The molecule has 1 aliphatic heterocycles. The van der Waals surface area contributed by atoms with Gasteiger partial charge in [0.25, 0.3) is 0 Å². The van der Waals surface area contributed by atoms with E-state index in [1.165, 1.54) is 0 Å². The lowest BCUT2D eigenvalue weighted by Gasteiger charge is -2.32. The van der Waals surface area contributed by atoms with Crippen LogP contribution in [-0.4, -0.2) is 37.1 Å². The highest BCUT2D eigenvalue weighted by molar-refractivity contribution is 4.95. The molecule has 12 heavy (non-hydrogen) atoms. The Morgan fingerprint density at radius 3 is 2.33 bits per heavy atom. The summed E-state index contributed by atoms with van der Waals surface area (Å²) >= 11 is 0. The van der Waals surface area contributed by atoms with E-state index in [0.717, 1.165) is 26.2 Å². The van der Waals surface area contributed by atoms with Gasteiger partial charge in [-0.2, -0.15) is 5.26 Å². The Kier molecular flexibility index (Phi) is 3.51. The molecule has 1 heterocycles. The molecule has 0 spiro atoms. The minimum Gasteiger partial charge on any atom is -0.314 e. The van der Waals surface area contributed by atoms with Gasteiger partial charge in [-0.05, 0) is 5.92 Å². The van der Waals surface area contributed by atoms with Gasteiger partial charge in [-0.3, -0.25) is 4.90 Å². The highest BCUT2D eigenvalue weighted by Crippen LogP contribution is 2.10. The summed E-state index contributed by atoms with van der Waals surface area (Å²) in [6.07, 6.45) is 0. The molecule has 0 aliphatic carbocycles. The molecule has 1 N–H and O–H groups in total. The van der Waals surface area contributed by atoms with Gasteiger partial charge in [0, 0.05) is 26.2 Å². The average molecular weight is 167 g/mol. The highest BCUT2D eigenvalue weighted by Gasteiger charge is 2.22. The fraction of sp³-hybridized carbons (Fsp3) is 0.889. The number of hydrogen-bond acceptors (Lipinski definition) is 3. The summed E-state index contributed by atoms with van der Waals surface area (Å²) < 4.78 is 0. The molecule has 1 aliphatic rings. The maximum absolute atomic E-state index is 8.94. The van der Waals surface area contributed by atoms with E-state index in [9.17, 15) is 0 Å². The summed E-state index contributed by atoms with van der Waals surface area (Å²) in [6.45, 7) is 8.27. The minimum absolute atomic E-state index is 0.104. The van der Waals surface area contributed by atoms with Crippen LogP contribution in [0.1, 0.15) is 13.8 Å². The lowest BCUT2D eigenvalue weighted by Crippen LogP contribution is -2.49. The number of nitrogens with one attached hydrogen (secondary N) is 1. The van der Waals surface area contributed by atoms with E-state index < -0.39 is 0 Å². The van der Waals surface area contributed by atoms with Crippen molar-refractivity contribution >= 4 is 0 Å². The molecule has 0 radical (unpaired) electrons. The summed E-state index contributed by atoms with van der Waals surface area (Å²) in [5, 5.41) is 12.2. The first-order chi connectivity index (χ1) is 5.75. The standard InChI is InChI=1S/C9H17N3/c1-8(2)9(7-10)12-5-3-11-4-6-12/h8-9,11H,3-6H2,1-2H3/t9-/m0/s1. The van der Waals surface area contributed by atoms with Crippen molar-refractivity contribution in [1.82, 2.24) is 10.2 Å². The summed E-state index contributed by atoms with van der Waals surface area (Å²) in [5.74, 6) is 0.438. The van der Waals surface area contributed by atoms with Gasteiger partial charge in [-0.1, -0.05) is 13.8 Å². The van der Waals surface area contributed by atoms with Crippen molar-refractivity contribution in [3.8, 4) is 6.07 Å². The number of nitriles is 1. The van der Waals surface area contributed by atoms with E-state index >= 15 is 0 Å². The third kappa shape index (κ3) is 2.20. The van der Waals surface area contributed by atoms with Crippen LogP contribution in [0.15, 0.2) is 0 Å². The van der Waals surface area contributed by atoms with Crippen LogP contribution in [0.3, 0.4) is 0 Å². The molecule has 3 nitrogen and oxygen atoms in total. The van der Waals surface area contributed by atoms with Gasteiger partial charge in [-0.25, -0.2) is 0 Å². The first-order valence-electron chi connectivity index (χ1n) is 4.60. The van der Waals surface area contributed by atoms with Gasteiger partial charge in [0.1, 0.15) is 6.04 Å². The Balaban J connectivity index is 2.47. The summed E-state index contributed by atoms with van der Waals surface area (Å²) in [7, 11) is 0. The number of piperazine rings is 1. The molecule has 0 aromatic heterocycles. The fourth-order valence-corrected chi connectivity index (χ4v) is 1.61. The van der Waals surface area contributed by atoms with Crippen molar-refractivity contribution < 1.29 is 0 Å². The molecule has 1 fully saturated rings. The second-order valence-electron chi connectivity index (χ2n) is 3.60. The fourth-order valence-electron chi connectivity index (χ4n) is 1.61. The van der Waals surface area contributed by atoms with Crippen molar-refractivity contribution in [2.24, 2.45) is 5.92 Å². The maximum Gasteiger partial charge on any atom is 0.100 e. The SMILES string of the molecule is CC(C)[C@H](C#N)N1CCNCC1. The van der Waals surface area contributed by atoms with Crippen LogP contribution < -0.4 is 5.32 Å². The number of rotatable bonds is 2. The van der Waals surface area contributed by atoms with Gasteiger partial charge in [0.2, 0.25) is 0 Å². The molecule has 0 amide bonds. The largest absolute Gasteiger partial charge is 0.314 e. The van der Waals surface area contributed by atoms with Crippen molar-refractivity contribution in [2.75, 3.05) is 26.2 Å². The molecule has 0 aromatic carbocycles. The quantitative estimate of drug-likeness (QED) is 0.648. The van der Waals surface area contributed by atoms with E-state index in [2.05, 4.69) is 30.1 Å². The van der Waals surface area contributed by atoms with Crippen molar-refractivity contribution in [2.45, 2.75) is 19.9 Å². The molecule has 0 aromatic rings. The topological polar surface area (TPSA) is 39.1 Å². The molecule has 0 bridgehead atoms. The summed E-state index contributed by atoms with van der Waals surface area (Å²) in [6, 6.07) is 2.47. The summed E-state index contributed by atoms with van der Waals surface area (Å²) in [4.78, 5) is 2.27. The Morgan fingerprint density at radius 2 is 1.92 bits per heavy atom. The van der Waals surface area contributed by atoms with Crippen molar-refractivity contribution in [3.05, 3.63) is 0 Å². The minimum atomic E-state index is 0.104. The smallest absolute Gasteiger partial charge is 0.100 e. The highest BCUT2D eigenvalue weighted by atomic mass is 15.2. The molecular weight excluding hydrogens is 150 g/mol. The van der Waals surface area contributed by atoms with Crippen molar-refractivity contribution in [1.29, 1.82) is 5.26 Å². The first kappa shape index (κ1) is 9.50. The Morgan fingerprint density at radius 1 is 1.33 bits per heavy atom. The molecule has 0 unspecified atom stereocenters. The van der Waals surface area contributed by atoms with Crippen LogP contribution >= 0.6 is 0 Å². The predicted octanol–water partition coefficient (Wildman–Crippen LogP) is 0.440. The zero-order valence-corrected chi connectivity index (χ0v) is 7.88. The molecule has 1 saturated heterocycles. The Labute approximate surface area is 74.4 Å². The number of hydrogen-bond donors (Lipinski definition) is 1. The molecule has 1 rings (SSSR count). The third-order valence-electron chi connectivity index (χ3n) is 2.31. The molecule has 1 atom stereocenters. The predicted molar refractivity (Wildman–Crippen MR) is 48.7 cm³/mol. The summed E-state index contributed by atoms with van der Waals surface area (Å²) in [5.41, 5.74) is 0. The normalized spacial score (nSPS) is 22.2. The second kappa shape index (κ2) is 4.44. The first-order valence-corrected chi connectivity index (χ1v) is 4.60. The van der Waals surface area contributed by atoms with Crippen LogP contribution in [0.2, 0.25) is 0 Å². The van der Waals surface area contributed by atoms with Gasteiger partial charge in [0.15, 0.2) is 0 Å². The van der Waals surface area contributed by atoms with Gasteiger partial charge >= 0.3 is 0 Å². The van der Waals surface area contributed by atoms with Crippen LogP contribution in [0.4, 0.5) is 0 Å². The lowest BCUT2D eigenvalue weighted by atomic mass is 10.0. The Hall–Kier alpha value is -0.590. The Bertz CT molecular complexity index is 165. The second-order valence-corrected chi connectivity index (χ2v) is 3.60. The maximum atomic E-state index is 8.94. The van der Waals surface area contributed by atoms with E-state index in [1.54, 1.807) is 0 Å². The average Bonchev–Trinajstić information content (AvgIpc) is 2.07. The van der Waals surface area contributed by atoms with Crippen LogP contribution in [0.5, 0.6) is 0 Å². The molecular formula is C9H17N3. The van der Waals surface area contributed by atoms with E-state index in [-0.39, 0.29) is 6.04 Å². The van der Waals surface area contributed by atoms with Crippen LogP contribution in [0.25, 0.3) is 0 Å². The van der Waals surface area contributed by atoms with E-state index in [4.69, 9.17) is 5.26 Å². The molecule has 3 heteroatoms. The monoisotopic (exact) mass is 167 g/mol. The van der Waals surface area contributed by atoms with Crippen molar-refractivity contribution in [3.63, 3.8) is 0 Å². The zero-order valence-electron chi connectivity index (χ0n) is 7.88. The third-order valence-corrected chi connectivity index (χ3v) is 2.31. The lowest BCUT2D eigenvalue weighted by molar-refractivity contribution is 0.173. The zero-order chi connectivity index (χ0) is 8.97. The number of nitrogens with zero attached hydrogens (tertiary/aromatic N) is 2. The van der Waals surface area contributed by atoms with E-state index in [1.807, 2.05) is 0 Å².